The van der Waals surface area contributed by atoms with Gasteiger partial charge in [-0.1, -0.05) is 13.8 Å². The maximum absolute atomic E-state index is 11.4. The third-order valence-electron chi connectivity index (χ3n) is 2.12. The van der Waals surface area contributed by atoms with Crippen LogP contribution in [0.3, 0.4) is 0 Å². The van der Waals surface area contributed by atoms with Gasteiger partial charge in [0.15, 0.2) is 0 Å². The zero-order chi connectivity index (χ0) is 13.4. The van der Waals surface area contributed by atoms with Crippen LogP contribution in [0.4, 0.5) is 0 Å². The second-order valence-electron chi connectivity index (χ2n) is 4.16. The van der Waals surface area contributed by atoms with Gasteiger partial charge < -0.3 is 15.2 Å². The topological polar surface area (TPSA) is 92.7 Å². The van der Waals surface area contributed by atoms with Crippen LogP contribution in [0.5, 0.6) is 0 Å². The lowest BCUT2D eigenvalue weighted by Crippen LogP contribution is -2.41. The summed E-state index contributed by atoms with van der Waals surface area (Å²) in [6.07, 6.45) is 0.254. The highest BCUT2D eigenvalue weighted by Gasteiger charge is 2.21. The monoisotopic (exact) mass is 245 g/mol. The molecule has 2 N–H and O–H groups in total. The number of hydrogen-bond acceptors (Lipinski definition) is 4. The van der Waals surface area contributed by atoms with E-state index in [1.807, 2.05) is 13.8 Å². The molecule has 0 spiro atoms. The predicted octanol–water partition coefficient (Wildman–Crippen LogP) is 0.555. The number of hydrogen-bond donors (Lipinski definition) is 2. The Labute approximate surface area is 100 Å². The van der Waals surface area contributed by atoms with E-state index < -0.39 is 23.9 Å². The molecule has 0 saturated heterocycles. The number of ether oxygens (including phenoxy) is 1. The van der Waals surface area contributed by atoms with Crippen LogP contribution in [0, 0.1) is 5.92 Å². The number of carboxylic acids is 1. The van der Waals surface area contributed by atoms with E-state index in [4.69, 9.17) is 5.11 Å². The van der Waals surface area contributed by atoms with E-state index in [1.165, 1.54) is 7.11 Å². The van der Waals surface area contributed by atoms with E-state index in [0.717, 1.165) is 0 Å². The molecule has 6 nitrogen and oxygen atoms in total. The summed E-state index contributed by atoms with van der Waals surface area (Å²) in [6.45, 7) is 3.74. The van der Waals surface area contributed by atoms with Crippen LogP contribution >= 0.6 is 0 Å². The summed E-state index contributed by atoms with van der Waals surface area (Å²) in [5.41, 5.74) is 0. The summed E-state index contributed by atoms with van der Waals surface area (Å²) in [5, 5.41) is 11.3. The van der Waals surface area contributed by atoms with Crippen molar-refractivity contribution in [3.63, 3.8) is 0 Å². The van der Waals surface area contributed by atoms with Crippen LogP contribution in [-0.2, 0) is 19.1 Å². The maximum Gasteiger partial charge on any atom is 0.326 e. The van der Waals surface area contributed by atoms with Crippen LogP contribution in [0.25, 0.3) is 0 Å². The van der Waals surface area contributed by atoms with E-state index in [1.54, 1.807) is 0 Å². The number of methoxy groups -OCH3 is 1. The maximum atomic E-state index is 11.4. The van der Waals surface area contributed by atoms with Gasteiger partial charge in [0.05, 0.1) is 13.5 Å². The van der Waals surface area contributed by atoms with Crippen molar-refractivity contribution in [3.05, 3.63) is 0 Å². The Kier molecular flexibility index (Phi) is 6.93. The fraction of sp³-hybridized carbons (Fsp3) is 0.727. The number of esters is 1. The summed E-state index contributed by atoms with van der Waals surface area (Å²) in [6, 6.07) is -0.903. The molecule has 0 bridgehead atoms. The fourth-order valence-corrected chi connectivity index (χ4v) is 1.28. The quantitative estimate of drug-likeness (QED) is 0.639. The van der Waals surface area contributed by atoms with Gasteiger partial charge in [-0.3, -0.25) is 9.59 Å². The normalized spacial score (nSPS) is 12.0. The Morgan fingerprint density at radius 2 is 1.82 bits per heavy atom. The van der Waals surface area contributed by atoms with E-state index in [0.29, 0.717) is 6.42 Å². The number of carboxylic acid groups (broad SMARTS) is 1. The van der Waals surface area contributed by atoms with Crippen molar-refractivity contribution in [1.82, 2.24) is 5.32 Å². The van der Waals surface area contributed by atoms with Crippen LogP contribution < -0.4 is 5.32 Å². The van der Waals surface area contributed by atoms with Gasteiger partial charge in [0.2, 0.25) is 5.91 Å². The minimum atomic E-state index is -1.06. The van der Waals surface area contributed by atoms with Crippen LogP contribution in [0.15, 0.2) is 0 Å². The zero-order valence-corrected chi connectivity index (χ0v) is 10.4. The molecule has 6 heteroatoms. The molecule has 0 unspecified atom stereocenters. The predicted molar refractivity (Wildman–Crippen MR) is 60.3 cm³/mol. The summed E-state index contributed by atoms with van der Waals surface area (Å²) < 4.78 is 4.38. The van der Waals surface area contributed by atoms with Crippen molar-refractivity contribution in [1.29, 1.82) is 0 Å². The minimum absolute atomic E-state index is 0.0453. The molecule has 0 aliphatic heterocycles. The molecular weight excluding hydrogens is 226 g/mol. The Balaban J connectivity index is 4.13. The first-order valence-electron chi connectivity index (χ1n) is 5.45. The molecule has 0 aromatic rings. The number of rotatable bonds is 7. The number of nitrogens with one attached hydrogen (secondary N) is 1. The van der Waals surface area contributed by atoms with Crippen LogP contribution in [0.2, 0.25) is 0 Å². The fourth-order valence-electron chi connectivity index (χ4n) is 1.28. The number of carbonyl (C=O) groups is 3. The second-order valence-corrected chi connectivity index (χ2v) is 4.16. The molecule has 0 saturated carbocycles. The third-order valence-corrected chi connectivity index (χ3v) is 2.12. The van der Waals surface area contributed by atoms with Crippen molar-refractivity contribution in [3.8, 4) is 0 Å². The molecule has 0 rings (SSSR count). The molecule has 0 heterocycles. The SMILES string of the molecule is COC(=O)CCC(=O)N[C@@H](CC(C)C)C(=O)O. The Bertz CT molecular complexity index is 288. The molecule has 0 aromatic heterocycles. The highest BCUT2D eigenvalue weighted by molar-refractivity contribution is 5.85. The van der Waals surface area contributed by atoms with Crippen molar-refractivity contribution < 1.29 is 24.2 Å². The first kappa shape index (κ1) is 15.4. The summed E-state index contributed by atoms with van der Waals surface area (Å²) in [7, 11) is 1.24. The van der Waals surface area contributed by atoms with Crippen LogP contribution in [0.1, 0.15) is 33.1 Å². The average Bonchev–Trinajstić information content (AvgIpc) is 2.24. The number of amides is 1. The Hall–Kier alpha value is -1.59. The highest BCUT2D eigenvalue weighted by Crippen LogP contribution is 2.05. The lowest BCUT2D eigenvalue weighted by atomic mass is 10.0. The van der Waals surface area contributed by atoms with Gasteiger partial charge in [0.25, 0.3) is 0 Å². The first-order chi connectivity index (χ1) is 7.86. The highest BCUT2D eigenvalue weighted by atomic mass is 16.5. The molecule has 1 atom stereocenters. The molecule has 98 valence electrons. The van der Waals surface area contributed by atoms with Gasteiger partial charge in [0.1, 0.15) is 6.04 Å². The Morgan fingerprint density at radius 3 is 2.24 bits per heavy atom. The molecule has 0 fully saturated rings. The number of aliphatic carboxylic acids is 1. The summed E-state index contributed by atoms with van der Waals surface area (Å²) in [4.78, 5) is 33.0. The van der Waals surface area contributed by atoms with Gasteiger partial charge in [0, 0.05) is 6.42 Å². The second kappa shape index (κ2) is 7.65. The molecule has 0 radical (unpaired) electrons. The van der Waals surface area contributed by atoms with Gasteiger partial charge in [-0.05, 0) is 12.3 Å². The summed E-state index contributed by atoms with van der Waals surface area (Å²) >= 11 is 0. The van der Waals surface area contributed by atoms with E-state index >= 15 is 0 Å². The van der Waals surface area contributed by atoms with E-state index in [-0.39, 0.29) is 18.8 Å². The van der Waals surface area contributed by atoms with E-state index in [9.17, 15) is 14.4 Å². The molecular formula is C11H19NO5. The van der Waals surface area contributed by atoms with Gasteiger partial charge in [-0.25, -0.2) is 4.79 Å². The van der Waals surface area contributed by atoms with Crippen molar-refractivity contribution in [2.24, 2.45) is 5.92 Å². The van der Waals surface area contributed by atoms with Gasteiger partial charge >= 0.3 is 11.9 Å². The lowest BCUT2D eigenvalue weighted by Gasteiger charge is -2.16. The smallest absolute Gasteiger partial charge is 0.326 e. The van der Waals surface area contributed by atoms with Crippen molar-refractivity contribution in [2.75, 3.05) is 7.11 Å². The molecule has 0 aliphatic rings. The third kappa shape index (κ3) is 7.32. The summed E-state index contributed by atoms with van der Waals surface area (Å²) in [5.74, 6) is -1.85. The molecule has 0 aromatic carbocycles. The standard InChI is InChI=1S/C11H19NO5/c1-7(2)6-8(11(15)16)12-9(13)4-5-10(14)17-3/h7-8H,4-6H2,1-3H3,(H,12,13)(H,15,16)/t8-/m0/s1. The average molecular weight is 245 g/mol. The lowest BCUT2D eigenvalue weighted by molar-refractivity contribution is -0.143. The van der Waals surface area contributed by atoms with Crippen molar-refractivity contribution in [2.45, 2.75) is 39.2 Å². The minimum Gasteiger partial charge on any atom is -0.480 e. The number of carbonyl (C=O) groups excluding carboxylic acids is 2. The zero-order valence-electron chi connectivity index (χ0n) is 10.4. The molecule has 1 amide bonds. The first-order valence-corrected chi connectivity index (χ1v) is 5.45. The molecule has 17 heavy (non-hydrogen) atoms. The van der Waals surface area contributed by atoms with Gasteiger partial charge in [-0.15, -0.1) is 0 Å². The van der Waals surface area contributed by atoms with E-state index in [2.05, 4.69) is 10.1 Å². The van der Waals surface area contributed by atoms with Crippen LogP contribution in [-0.4, -0.2) is 36.1 Å². The Morgan fingerprint density at radius 1 is 1.24 bits per heavy atom. The van der Waals surface area contributed by atoms with Crippen molar-refractivity contribution >= 4 is 17.8 Å². The van der Waals surface area contributed by atoms with Gasteiger partial charge in [-0.2, -0.15) is 0 Å². The largest absolute Gasteiger partial charge is 0.480 e. The molecule has 0 aliphatic carbocycles.